The number of methoxy groups -OCH3 is 1. The first-order valence-electron chi connectivity index (χ1n) is 6.78. The molecule has 0 bridgehead atoms. The number of rotatable bonds is 5. The van der Waals surface area contributed by atoms with Crippen LogP contribution in [0.4, 0.5) is 0 Å². The quantitative estimate of drug-likeness (QED) is 0.857. The van der Waals surface area contributed by atoms with Crippen LogP contribution in [0.1, 0.15) is 37.7 Å². The van der Waals surface area contributed by atoms with Gasteiger partial charge in [0.15, 0.2) is 0 Å². The van der Waals surface area contributed by atoms with Crippen LogP contribution in [0, 0.1) is 0 Å². The van der Waals surface area contributed by atoms with E-state index < -0.39 is 11.5 Å². The van der Waals surface area contributed by atoms with E-state index in [-0.39, 0.29) is 0 Å². The molecule has 2 rings (SSSR count). The number of nitrogens with one attached hydrogen (secondary N) is 1. The van der Waals surface area contributed by atoms with Crippen molar-refractivity contribution in [3.05, 3.63) is 29.8 Å². The highest BCUT2D eigenvalue weighted by atomic mass is 16.5. The second kappa shape index (κ2) is 6.06. The summed E-state index contributed by atoms with van der Waals surface area (Å²) in [6.07, 6.45) is 4.56. The van der Waals surface area contributed by atoms with Gasteiger partial charge in [-0.2, -0.15) is 0 Å². The zero-order valence-electron chi connectivity index (χ0n) is 11.3. The third-order valence-corrected chi connectivity index (χ3v) is 3.91. The SMILES string of the molecule is COc1ccc(CNC2(C(=O)O)CCCCC2)cc1. The van der Waals surface area contributed by atoms with Gasteiger partial charge in [0.1, 0.15) is 11.3 Å². The Bertz CT molecular complexity index is 422. The molecule has 1 saturated carbocycles. The maximum absolute atomic E-state index is 11.5. The van der Waals surface area contributed by atoms with Crippen LogP contribution in [0.25, 0.3) is 0 Å². The molecular weight excluding hydrogens is 242 g/mol. The lowest BCUT2D eigenvalue weighted by Gasteiger charge is -2.34. The molecule has 1 aromatic carbocycles. The Hall–Kier alpha value is -1.55. The van der Waals surface area contributed by atoms with Crippen molar-refractivity contribution in [1.82, 2.24) is 5.32 Å². The first kappa shape index (κ1) is 13.9. The fourth-order valence-corrected chi connectivity index (χ4v) is 2.64. The zero-order chi connectivity index (χ0) is 13.7. The summed E-state index contributed by atoms with van der Waals surface area (Å²) in [7, 11) is 1.63. The number of benzene rings is 1. The predicted molar refractivity (Wildman–Crippen MR) is 73.3 cm³/mol. The second-order valence-electron chi connectivity index (χ2n) is 5.15. The zero-order valence-corrected chi connectivity index (χ0v) is 11.3. The standard InChI is InChI=1S/C15H21NO3/c1-19-13-7-5-12(6-8-13)11-16-15(14(17)18)9-3-2-4-10-15/h5-8,16H,2-4,9-11H2,1H3,(H,17,18). The van der Waals surface area contributed by atoms with Gasteiger partial charge in [-0.15, -0.1) is 0 Å². The minimum Gasteiger partial charge on any atom is -0.497 e. The van der Waals surface area contributed by atoms with Gasteiger partial charge in [0.25, 0.3) is 0 Å². The highest BCUT2D eigenvalue weighted by Gasteiger charge is 2.38. The van der Waals surface area contributed by atoms with E-state index >= 15 is 0 Å². The fourth-order valence-electron chi connectivity index (χ4n) is 2.64. The summed E-state index contributed by atoms with van der Waals surface area (Å²) in [4.78, 5) is 11.5. The first-order valence-corrected chi connectivity index (χ1v) is 6.78. The molecule has 0 saturated heterocycles. The lowest BCUT2D eigenvalue weighted by Crippen LogP contribution is -2.52. The van der Waals surface area contributed by atoms with Crippen molar-refractivity contribution in [2.45, 2.75) is 44.2 Å². The molecule has 0 aromatic heterocycles. The van der Waals surface area contributed by atoms with E-state index in [1.165, 1.54) is 0 Å². The van der Waals surface area contributed by atoms with Gasteiger partial charge in [0, 0.05) is 6.54 Å². The van der Waals surface area contributed by atoms with Crippen molar-refractivity contribution in [3.63, 3.8) is 0 Å². The molecule has 0 radical (unpaired) electrons. The number of aliphatic carboxylic acids is 1. The Morgan fingerprint density at radius 2 is 1.89 bits per heavy atom. The maximum atomic E-state index is 11.5. The molecular formula is C15H21NO3. The number of carboxylic acid groups (broad SMARTS) is 1. The van der Waals surface area contributed by atoms with Gasteiger partial charge >= 0.3 is 5.97 Å². The Labute approximate surface area is 113 Å². The van der Waals surface area contributed by atoms with E-state index in [0.29, 0.717) is 6.54 Å². The molecule has 0 heterocycles. The van der Waals surface area contributed by atoms with Crippen LogP contribution in [0.5, 0.6) is 5.75 Å². The van der Waals surface area contributed by atoms with Gasteiger partial charge in [0.2, 0.25) is 0 Å². The number of carboxylic acids is 1. The van der Waals surface area contributed by atoms with E-state index in [2.05, 4.69) is 5.32 Å². The van der Waals surface area contributed by atoms with Crippen molar-refractivity contribution in [2.75, 3.05) is 7.11 Å². The van der Waals surface area contributed by atoms with Crippen LogP contribution < -0.4 is 10.1 Å². The van der Waals surface area contributed by atoms with E-state index in [9.17, 15) is 9.90 Å². The number of hydrogen-bond acceptors (Lipinski definition) is 3. The minimum absolute atomic E-state index is 0.580. The Morgan fingerprint density at radius 3 is 2.42 bits per heavy atom. The number of carbonyl (C=O) groups is 1. The van der Waals surface area contributed by atoms with Crippen molar-refractivity contribution in [3.8, 4) is 5.75 Å². The number of ether oxygens (including phenoxy) is 1. The fraction of sp³-hybridized carbons (Fsp3) is 0.533. The van der Waals surface area contributed by atoms with Gasteiger partial charge in [-0.3, -0.25) is 10.1 Å². The van der Waals surface area contributed by atoms with E-state index in [1.807, 2.05) is 24.3 Å². The Balaban J connectivity index is 2.00. The Kier molecular flexibility index (Phi) is 4.43. The van der Waals surface area contributed by atoms with Gasteiger partial charge in [-0.05, 0) is 30.5 Å². The highest BCUT2D eigenvalue weighted by molar-refractivity contribution is 5.78. The van der Waals surface area contributed by atoms with Crippen LogP contribution in [0.2, 0.25) is 0 Å². The molecule has 0 unspecified atom stereocenters. The van der Waals surface area contributed by atoms with E-state index in [4.69, 9.17) is 4.74 Å². The normalized spacial score (nSPS) is 17.9. The minimum atomic E-state index is -0.738. The molecule has 1 aliphatic carbocycles. The summed E-state index contributed by atoms with van der Waals surface area (Å²) in [5.41, 5.74) is 0.338. The van der Waals surface area contributed by atoms with Crippen molar-refractivity contribution < 1.29 is 14.6 Å². The third-order valence-electron chi connectivity index (χ3n) is 3.91. The molecule has 4 heteroatoms. The lowest BCUT2D eigenvalue weighted by atomic mass is 9.81. The molecule has 0 atom stereocenters. The van der Waals surface area contributed by atoms with Crippen LogP contribution in [0.3, 0.4) is 0 Å². The van der Waals surface area contributed by atoms with Crippen molar-refractivity contribution >= 4 is 5.97 Å². The van der Waals surface area contributed by atoms with Gasteiger partial charge in [-0.1, -0.05) is 31.4 Å². The lowest BCUT2D eigenvalue weighted by molar-refractivity contribution is -0.146. The molecule has 0 amide bonds. The van der Waals surface area contributed by atoms with Crippen LogP contribution in [0.15, 0.2) is 24.3 Å². The van der Waals surface area contributed by atoms with Gasteiger partial charge < -0.3 is 9.84 Å². The monoisotopic (exact) mass is 263 g/mol. The summed E-state index contributed by atoms with van der Waals surface area (Å²) in [5.74, 6) is 0.0927. The Morgan fingerprint density at radius 1 is 1.26 bits per heavy atom. The summed E-state index contributed by atoms with van der Waals surface area (Å²) >= 11 is 0. The van der Waals surface area contributed by atoms with E-state index in [0.717, 1.165) is 43.4 Å². The molecule has 0 aliphatic heterocycles. The van der Waals surface area contributed by atoms with Gasteiger partial charge in [-0.25, -0.2) is 0 Å². The largest absolute Gasteiger partial charge is 0.497 e. The second-order valence-corrected chi connectivity index (χ2v) is 5.15. The first-order chi connectivity index (χ1) is 9.16. The molecule has 1 aliphatic rings. The van der Waals surface area contributed by atoms with Crippen LogP contribution in [-0.2, 0) is 11.3 Å². The van der Waals surface area contributed by atoms with Gasteiger partial charge in [0.05, 0.1) is 7.11 Å². The number of hydrogen-bond donors (Lipinski definition) is 2. The molecule has 104 valence electrons. The molecule has 19 heavy (non-hydrogen) atoms. The average Bonchev–Trinajstić information content (AvgIpc) is 2.46. The smallest absolute Gasteiger partial charge is 0.323 e. The maximum Gasteiger partial charge on any atom is 0.323 e. The summed E-state index contributed by atoms with van der Waals surface area (Å²) in [6.45, 7) is 0.580. The topological polar surface area (TPSA) is 58.6 Å². The summed E-state index contributed by atoms with van der Waals surface area (Å²) < 4.78 is 5.11. The van der Waals surface area contributed by atoms with Crippen molar-refractivity contribution in [2.24, 2.45) is 0 Å². The highest BCUT2D eigenvalue weighted by Crippen LogP contribution is 2.29. The summed E-state index contributed by atoms with van der Waals surface area (Å²) in [5, 5.41) is 12.7. The summed E-state index contributed by atoms with van der Waals surface area (Å²) in [6, 6.07) is 7.71. The third kappa shape index (κ3) is 3.26. The molecule has 1 fully saturated rings. The van der Waals surface area contributed by atoms with Crippen LogP contribution in [-0.4, -0.2) is 23.7 Å². The molecule has 4 nitrogen and oxygen atoms in total. The van der Waals surface area contributed by atoms with Crippen molar-refractivity contribution in [1.29, 1.82) is 0 Å². The van der Waals surface area contributed by atoms with Crippen LogP contribution >= 0.6 is 0 Å². The van der Waals surface area contributed by atoms with E-state index in [1.54, 1.807) is 7.11 Å². The molecule has 2 N–H and O–H groups in total. The average molecular weight is 263 g/mol. The molecule has 1 aromatic rings. The predicted octanol–water partition coefficient (Wildman–Crippen LogP) is 2.57. The molecule has 0 spiro atoms.